The molecule has 1 aliphatic heterocycles. The number of rotatable bonds is 0. The van der Waals surface area contributed by atoms with Gasteiger partial charge in [-0.05, 0) is 31.5 Å². The summed E-state index contributed by atoms with van der Waals surface area (Å²) >= 11 is 6.03. The molecule has 0 saturated carbocycles. The monoisotopic (exact) mass is 192 g/mol. The number of ether oxygens (including phenoxy) is 1. The van der Waals surface area contributed by atoms with Gasteiger partial charge in [-0.3, -0.25) is 0 Å². The molecule has 0 aromatic heterocycles. The van der Waals surface area contributed by atoms with Crippen molar-refractivity contribution in [3.63, 3.8) is 0 Å². The van der Waals surface area contributed by atoms with Crippen LogP contribution in [0, 0.1) is 6.92 Å². The molecule has 0 unspecified atom stereocenters. The van der Waals surface area contributed by atoms with Gasteiger partial charge in [0.1, 0.15) is 6.26 Å². The van der Waals surface area contributed by atoms with Gasteiger partial charge in [0.2, 0.25) is 0 Å². The summed E-state index contributed by atoms with van der Waals surface area (Å²) in [4.78, 5) is 0. The van der Waals surface area contributed by atoms with Crippen molar-refractivity contribution >= 4 is 17.2 Å². The lowest BCUT2D eigenvalue weighted by molar-refractivity contribution is 0.478. The van der Waals surface area contributed by atoms with Gasteiger partial charge in [0, 0.05) is 11.1 Å². The van der Waals surface area contributed by atoms with Crippen LogP contribution in [0.15, 0.2) is 24.1 Å². The summed E-state index contributed by atoms with van der Waals surface area (Å²) in [5.41, 5.74) is 6.23. The first kappa shape index (κ1) is 8.43. The second-order valence-electron chi connectivity index (χ2n) is 3.13. The zero-order valence-electron chi connectivity index (χ0n) is 7.52. The Morgan fingerprint density at radius 2 is 2.08 bits per heavy atom. The molecule has 1 aromatic carbocycles. The van der Waals surface area contributed by atoms with E-state index in [1.807, 2.05) is 19.9 Å². The lowest BCUT2D eigenvalue weighted by Gasteiger charge is -2.13. The molecule has 0 spiro atoms. The smallest absolute Gasteiger partial charge is 0.154 e. The average Bonchev–Trinajstić information content (AvgIpc) is 2.07. The lowest BCUT2D eigenvalue weighted by atomic mass is 10.0. The molecule has 2 rings (SSSR count). The molecular weight excluding hydrogens is 184 g/mol. The van der Waals surface area contributed by atoms with E-state index in [1.165, 1.54) is 0 Å². The fraction of sp³-hybridized carbons (Fsp3) is 0.182. The number of fused-ring (bicyclic) bond motifs is 1. The van der Waals surface area contributed by atoms with E-state index in [9.17, 15) is 0 Å². The van der Waals surface area contributed by atoms with E-state index in [1.54, 1.807) is 6.26 Å². The zero-order chi connectivity index (χ0) is 9.42. The van der Waals surface area contributed by atoms with Crippen LogP contribution < -0.4 is 4.74 Å². The van der Waals surface area contributed by atoms with Crippen LogP contribution in [0.4, 0.5) is 0 Å². The third-order valence-corrected chi connectivity index (χ3v) is 2.32. The summed E-state index contributed by atoms with van der Waals surface area (Å²) in [6.07, 6.45) is 1.54. The van der Waals surface area contributed by atoms with Gasteiger partial charge < -0.3 is 4.74 Å². The summed E-state index contributed by atoms with van der Waals surface area (Å²) in [5, 5.41) is 0.659. The molecule has 2 heteroatoms. The van der Waals surface area contributed by atoms with Crippen LogP contribution in [0.25, 0.3) is 5.57 Å². The molecule has 0 amide bonds. The highest BCUT2D eigenvalue weighted by Crippen LogP contribution is 2.36. The fourth-order valence-electron chi connectivity index (χ4n) is 1.38. The van der Waals surface area contributed by atoms with E-state index in [2.05, 4.69) is 11.8 Å². The van der Waals surface area contributed by atoms with Crippen LogP contribution in [-0.2, 0) is 0 Å². The third kappa shape index (κ3) is 1.37. The Hall–Kier alpha value is -1.17. The zero-order valence-corrected chi connectivity index (χ0v) is 8.27. The maximum absolute atomic E-state index is 6.03. The highest BCUT2D eigenvalue weighted by Gasteiger charge is 2.12. The van der Waals surface area contributed by atoms with E-state index in [0.717, 1.165) is 22.4 Å². The second-order valence-corrected chi connectivity index (χ2v) is 3.54. The van der Waals surface area contributed by atoms with Crippen molar-refractivity contribution in [1.82, 2.24) is 0 Å². The van der Waals surface area contributed by atoms with E-state index in [-0.39, 0.29) is 0 Å². The summed E-state index contributed by atoms with van der Waals surface area (Å²) in [7, 11) is 0. The molecule has 0 radical (unpaired) electrons. The number of hydrogen-bond donors (Lipinski definition) is 0. The molecule has 1 nitrogen and oxygen atoms in total. The van der Waals surface area contributed by atoms with Crippen molar-refractivity contribution in [3.05, 3.63) is 40.3 Å². The van der Waals surface area contributed by atoms with Crippen LogP contribution in [0.2, 0.25) is 5.02 Å². The summed E-state index contributed by atoms with van der Waals surface area (Å²) in [6.45, 7) is 4.01. The molecule has 0 aliphatic carbocycles. The van der Waals surface area contributed by atoms with E-state index in [4.69, 9.17) is 16.3 Å². The van der Waals surface area contributed by atoms with Crippen molar-refractivity contribution < 1.29 is 4.74 Å². The van der Waals surface area contributed by atoms with Gasteiger partial charge >= 0.3 is 0 Å². The van der Waals surface area contributed by atoms with Gasteiger partial charge in [0.15, 0.2) is 5.75 Å². The normalized spacial score (nSPS) is 13.3. The quantitative estimate of drug-likeness (QED) is 0.572. The van der Waals surface area contributed by atoms with Crippen LogP contribution in [0.3, 0.4) is 0 Å². The Morgan fingerprint density at radius 1 is 1.31 bits per heavy atom. The van der Waals surface area contributed by atoms with Crippen molar-refractivity contribution in [1.29, 1.82) is 0 Å². The first-order valence-electron chi connectivity index (χ1n) is 4.07. The number of benzene rings is 1. The maximum atomic E-state index is 6.03. The maximum Gasteiger partial charge on any atom is 0.154 e. The first-order chi connectivity index (χ1) is 6.18. The van der Waals surface area contributed by atoms with Crippen LogP contribution in [0.5, 0.6) is 5.75 Å². The average molecular weight is 193 g/mol. The van der Waals surface area contributed by atoms with Crippen molar-refractivity contribution in [2.45, 2.75) is 13.8 Å². The molecule has 13 heavy (non-hydrogen) atoms. The highest BCUT2D eigenvalue weighted by atomic mass is 35.5. The summed E-state index contributed by atoms with van der Waals surface area (Å²) in [5.74, 6) is 0.739. The van der Waals surface area contributed by atoms with E-state index < -0.39 is 0 Å². The van der Waals surface area contributed by atoms with Crippen LogP contribution in [-0.4, -0.2) is 0 Å². The largest absolute Gasteiger partial charge is 0.455 e. The Bertz CT molecular complexity index is 426. The van der Waals surface area contributed by atoms with Crippen LogP contribution in [0.1, 0.15) is 18.1 Å². The molecule has 1 aliphatic rings. The van der Waals surface area contributed by atoms with Crippen LogP contribution >= 0.6 is 11.6 Å². The van der Waals surface area contributed by atoms with Gasteiger partial charge in [-0.1, -0.05) is 17.3 Å². The third-order valence-electron chi connectivity index (χ3n) is 2.04. The standard InChI is InChI=1S/C11H9ClO/c1-7-5-9-8(2)3-4-13-11(9)10(12)6-7/h4-6H,1-2H3. The summed E-state index contributed by atoms with van der Waals surface area (Å²) in [6, 6.07) is 3.95. The fourth-order valence-corrected chi connectivity index (χ4v) is 1.70. The van der Waals surface area contributed by atoms with Crippen molar-refractivity contribution in [2.75, 3.05) is 0 Å². The molecule has 0 fully saturated rings. The number of allylic oxidation sites excluding steroid dienone is 1. The minimum absolute atomic E-state index is 0.659. The predicted octanol–water partition coefficient (Wildman–Crippen LogP) is 3.56. The molecule has 0 N–H and O–H groups in total. The number of hydrogen-bond acceptors (Lipinski definition) is 1. The topological polar surface area (TPSA) is 9.23 Å². The SMILES string of the molecule is CC1=C=COc2c(Cl)cc(C)cc21. The van der Waals surface area contributed by atoms with Crippen molar-refractivity contribution in [2.24, 2.45) is 0 Å². The molecule has 1 aromatic rings. The predicted molar refractivity (Wildman–Crippen MR) is 54.0 cm³/mol. The lowest BCUT2D eigenvalue weighted by Crippen LogP contribution is -1.94. The van der Waals surface area contributed by atoms with E-state index >= 15 is 0 Å². The molecule has 0 atom stereocenters. The molecule has 0 bridgehead atoms. The van der Waals surface area contributed by atoms with Gasteiger partial charge in [-0.2, -0.15) is 0 Å². The minimum Gasteiger partial charge on any atom is -0.455 e. The molecule has 66 valence electrons. The van der Waals surface area contributed by atoms with Gasteiger partial charge in [0.05, 0.1) is 5.02 Å². The first-order valence-corrected chi connectivity index (χ1v) is 4.45. The highest BCUT2D eigenvalue weighted by molar-refractivity contribution is 6.32. The number of halogens is 1. The Kier molecular flexibility index (Phi) is 1.91. The molecule has 1 heterocycles. The van der Waals surface area contributed by atoms with Gasteiger partial charge in [0.25, 0.3) is 0 Å². The number of aryl methyl sites for hydroxylation is 1. The van der Waals surface area contributed by atoms with Gasteiger partial charge in [-0.15, -0.1) is 0 Å². The molecular formula is C11H9ClO. The second kappa shape index (κ2) is 2.95. The summed E-state index contributed by atoms with van der Waals surface area (Å²) < 4.78 is 5.29. The Labute approximate surface area is 82.3 Å². The molecule has 0 saturated heterocycles. The van der Waals surface area contributed by atoms with Crippen molar-refractivity contribution in [3.8, 4) is 5.75 Å². The van der Waals surface area contributed by atoms with E-state index in [0.29, 0.717) is 5.02 Å². The van der Waals surface area contributed by atoms with Gasteiger partial charge in [-0.25, -0.2) is 0 Å². The Balaban J connectivity index is 2.73. The minimum atomic E-state index is 0.659. The Morgan fingerprint density at radius 3 is 2.85 bits per heavy atom.